The van der Waals surface area contributed by atoms with Crippen molar-refractivity contribution >= 4 is 5.97 Å². The van der Waals surface area contributed by atoms with Crippen LogP contribution >= 0.6 is 0 Å². The molecular weight excluding hydrogens is 322 g/mol. The Labute approximate surface area is 157 Å². The van der Waals surface area contributed by atoms with E-state index in [0.29, 0.717) is 11.0 Å². The van der Waals surface area contributed by atoms with Crippen LogP contribution in [0, 0.1) is 29.1 Å². The van der Waals surface area contributed by atoms with Gasteiger partial charge in [0.05, 0.1) is 12.7 Å². The van der Waals surface area contributed by atoms with Crippen LogP contribution in [0.5, 0.6) is 0 Å². The van der Waals surface area contributed by atoms with Gasteiger partial charge in [0.25, 0.3) is 0 Å². The monoisotopic (exact) mass is 355 g/mol. The Kier molecular flexibility index (Phi) is 5.09. The summed E-state index contributed by atoms with van der Waals surface area (Å²) in [6.07, 6.45) is 10.3. The minimum absolute atomic E-state index is 0.266. The maximum Gasteiger partial charge on any atom is 0.337 e. The molecule has 1 unspecified atom stereocenters. The number of hydrogen-bond acceptors (Lipinski definition) is 3. The molecule has 5 rings (SSSR count). The van der Waals surface area contributed by atoms with Gasteiger partial charge in [-0.1, -0.05) is 25.5 Å². The zero-order valence-electron chi connectivity index (χ0n) is 16.3. The van der Waals surface area contributed by atoms with Crippen molar-refractivity contribution in [1.29, 1.82) is 0 Å². The standard InChI is InChI=1S/C23H33NO2/c1-3-21(23-11-17-8-18(12-23)10-19(9-17)13-23)15-24-14-16-4-6-20(7-5-16)22(25)26-2/h4-7,17-19,21,24H,3,8-15H2,1-2H3. The van der Waals surface area contributed by atoms with E-state index in [-0.39, 0.29) is 5.97 Å². The molecule has 1 aromatic carbocycles. The Morgan fingerprint density at radius 3 is 2.19 bits per heavy atom. The molecular formula is C23H33NO2. The fraction of sp³-hybridized carbons (Fsp3) is 0.696. The molecule has 0 saturated heterocycles. The van der Waals surface area contributed by atoms with Crippen LogP contribution in [-0.2, 0) is 11.3 Å². The summed E-state index contributed by atoms with van der Waals surface area (Å²) >= 11 is 0. The highest BCUT2D eigenvalue weighted by atomic mass is 16.5. The molecule has 142 valence electrons. The van der Waals surface area contributed by atoms with Gasteiger partial charge in [0.2, 0.25) is 0 Å². The van der Waals surface area contributed by atoms with Crippen molar-refractivity contribution < 1.29 is 9.53 Å². The summed E-state index contributed by atoms with van der Waals surface area (Å²) in [5.41, 5.74) is 2.49. The average Bonchev–Trinajstić information content (AvgIpc) is 2.64. The van der Waals surface area contributed by atoms with E-state index in [0.717, 1.165) is 36.8 Å². The van der Waals surface area contributed by atoms with E-state index in [1.165, 1.54) is 57.6 Å². The second-order valence-corrected chi connectivity index (χ2v) is 9.20. The Balaban J connectivity index is 1.34. The number of esters is 1. The zero-order valence-corrected chi connectivity index (χ0v) is 16.3. The highest BCUT2D eigenvalue weighted by Gasteiger charge is 2.53. The van der Waals surface area contributed by atoms with Gasteiger partial charge in [-0.2, -0.15) is 0 Å². The van der Waals surface area contributed by atoms with Crippen LogP contribution < -0.4 is 5.32 Å². The van der Waals surface area contributed by atoms with Gasteiger partial charge in [-0.25, -0.2) is 4.79 Å². The number of carbonyl (C=O) groups excluding carboxylic acids is 1. The lowest BCUT2D eigenvalue weighted by atomic mass is 9.46. The van der Waals surface area contributed by atoms with E-state index >= 15 is 0 Å². The van der Waals surface area contributed by atoms with E-state index in [1.807, 2.05) is 24.3 Å². The predicted molar refractivity (Wildman–Crippen MR) is 104 cm³/mol. The van der Waals surface area contributed by atoms with Crippen molar-refractivity contribution in [3.63, 3.8) is 0 Å². The minimum Gasteiger partial charge on any atom is -0.465 e. The van der Waals surface area contributed by atoms with Crippen LogP contribution in [-0.4, -0.2) is 19.6 Å². The third-order valence-corrected chi connectivity index (χ3v) is 7.54. The van der Waals surface area contributed by atoms with E-state index in [1.54, 1.807) is 0 Å². The quantitative estimate of drug-likeness (QED) is 0.714. The fourth-order valence-corrected chi connectivity index (χ4v) is 6.74. The van der Waals surface area contributed by atoms with Crippen molar-refractivity contribution in [3.05, 3.63) is 35.4 Å². The Bertz CT molecular complexity index is 601. The Morgan fingerprint density at radius 2 is 1.69 bits per heavy atom. The first-order valence-corrected chi connectivity index (χ1v) is 10.5. The first kappa shape index (κ1) is 18.0. The van der Waals surface area contributed by atoms with E-state index in [2.05, 4.69) is 12.2 Å². The lowest BCUT2D eigenvalue weighted by Crippen LogP contribution is -2.51. The summed E-state index contributed by atoms with van der Waals surface area (Å²) in [7, 11) is 1.42. The van der Waals surface area contributed by atoms with Gasteiger partial charge in [-0.15, -0.1) is 0 Å². The molecule has 1 N–H and O–H groups in total. The molecule has 0 heterocycles. The summed E-state index contributed by atoms with van der Waals surface area (Å²) in [6, 6.07) is 7.79. The average molecular weight is 356 g/mol. The van der Waals surface area contributed by atoms with Gasteiger partial charge < -0.3 is 10.1 Å². The molecule has 0 aliphatic heterocycles. The smallest absolute Gasteiger partial charge is 0.337 e. The van der Waals surface area contributed by atoms with Gasteiger partial charge in [0.1, 0.15) is 0 Å². The Morgan fingerprint density at radius 1 is 1.12 bits per heavy atom. The number of methoxy groups -OCH3 is 1. The molecule has 4 saturated carbocycles. The normalized spacial score (nSPS) is 33.2. The largest absolute Gasteiger partial charge is 0.465 e. The minimum atomic E-state index is -0.266. The van der Waals surface area contributed by atoms with Crippen LogP contribution in [0.2, 0.25) is 0 Å². The SMILES string of the molecule is CCC(CNCc1ccc(C(=O)OC)cc1)C12CC3CC(CC(C3)C1)C2. The van der Waals surface area contributed by atoms with Gasteiger partial charge in [0.15, 0.2) is 0 Å². The molecule has 1 aromatic rings. The number of hydrogen-bond donors (Lipinski definition) is 1. The molecule has 4 fully saturated rings. The molecule has 0 spiro atoms. The van der Waals surface area contributed by atoms with E-state index in [9.17, 15) is 4.79 Å². The van der Waals surface area contributed by atoms with Crippen LogP contribution in [0.15, 0.2) is 24.3 Å². The predicted octanol–water partition coefficient (Wildman–Crippen LogP) is 4.81. The molecule has 26 heavy (non-hydrogen) atoms. The van der Waals surface area contributed by atoms with Gasteiger partial charge in [-0.3, -0.25) is 0 Å². The van der Waals surface area contributed by atoms with Crippen molar-refractivity contribution in [1.82, 2.24) is 5.32 Å². The molecule has 0 radical (unpaired) electrons. The molecule has 3 heteroatoms. The van der Waals surface area contributed by atoms with Crippen LogP contribution in [0.3, 0.4) is 0 Å². The number of ether oxygens (including phenoxy) is 1. The van der Waals surface area contributed by atoms with Gasteiger partial charge >= 0.3 is 5.97 Å². The number of rotatable bonds is 7. The molecule has 4 aliphatic carbocycles. The van der Waals surface area contributed by atoms with Gasteiger partial charge in [0, 0.05) is 6.54 Å². The number of benzene rings is 1. The maximum absolute atomic E-state index is 11.5. The van der Waals surface area contributed by atoms with E-state index < -0.39 is 0 Å². The third kappa shape index (κ3) is 3.43. The van der Waals surface area contributed by atoms with Crippen molar-refractivity contribution in [2.45, 2.75) is 58.4 Å². The molecule has 1 atom stereocenters. The zero-order chi connectivity index (χ0) is 18.1. The van der Waals surface area contributed by atoms with Crippen LogP contribution in [0.4, 0.5) is 0 Å². The van der Waals surface area contributed by atoms with Crippen LogP contribution in [0.25, 0.3) is 0 Å². The lowest BCUT2D eigenvalue weighted by molar-refractivity contribution is -0.0875. The second kappa shape index (κ2) is 7.34. The molecule has 4 bridgehead atoms. The summed E-state index contributed by atoms with van der Waals surface area (Å²) < 4.78 is 4.77. The van der Waals surface area contributed by atoms with Crippen molar-refractivity contribution in [2.75, 3.05) is 13.7 Å². The molecule has 4 aliphatic rings. The van der Waals surface area contributed by atoms with Crippen molar-refractivity contribution in [2.24, 2.45) is 29.1 Å². The van der Waals surface area contributed by atoms with E-state index in [4.69, 9.17) is 4.74 Å². The molecule has 3 nitrogen and oxygen atoms in total. The topological polar surface area (TPSA) is 38.3 Å². The summed E-state index contributed by atoms with van der Waals surface area (Å²) in [5, 5.41) is 3.72. The maximum atomic E-state index is 11.5. The van der Waals surface area contributed by atoms with Crippen LogP contribution in [0.1, 0.15) is 67.8 Å². The first-order valence-electron chi connectivity index (χ1n) is 10.5. The second-order valence-electron chi connectivity index (χ2n) is 9.20. The lowest BCUT2D eigenvalue weighted by Gasteiger charge is -2.59. The molecule has 0 amide bonds. The first-order chi connectivity index (χ1) is 12.6. The highest BCUT2D eigenvalue weighted by Crippen LogP contribution is 2.63. The summed E-state index contributed by atoms with van der Waals surface area (Å²) in [5.74, 6) is 3.63. The number of nitrogens with one attached hydrogen (secondary N) is 1. The summed E-state index contributed by atoms with van der Waals surface area (Å²) in [4.78, 5) is 11.5. The van der Waals surface area contributed by atoms with Gasteiger partial charge in [-0.05, 0) is 91.9 Å². The highest BCUT2D eigenvalue weighted by molar-refractivity contribution is 5.89. The third-order valence-electron chi connectivity index (χ3n) is 7.54. The summed E-state index contributed by atoms with van der Waals surface area (Å²) in [6.45, 7) is 4.39. The fourth-order valence-electron chi connectivity index (χ4n) is 6.74. The molecule has 0 aromatic heterocycles. The Hall–Kier alpha value is -1.35. The van der Waals surface area contributed by atoms with Crippen molar-refractivity contribution in [3.8, 4) is 0 Å². The number of carbonyl (C=O) groups is 1.